The van der Waals surface area contributed by atoms with E-state index in [2.05, 4.69) is 25.9 Å². The first-order chi connectivity index (χ1) is 7.24. The molecule has 0 aliphatic heterocycles. The van der Waals surface area contributed by atoms with Gasteiger partial charge in [0.15, 0.2) is 9.83 Å². The van der Waals surface area contributed by atoms with Crippen LogP contribution in [0.15, 0.2) is 38.6 Å². The Bertz CT molecular complexity index is 458. The summed E-state index contributed by atoms with van der Waals surface area (Å²) in [6, 6.07) is 5.70. The Kier molecular flexibility index (Phi) is 3.43. The van der Waals surface area contributed by atoms with E-state index < -0.39 is 0 Å². The van der Waals surface area contributed by atoms with Gasteiger partial charge in [-0.25, -0.2) is 9.97 Å². The molecule has 78 valence electrons. The van der Waals surface area contributed by atoms with Crippen molar-refractivity contribution in [3.8, 4) is 0 Å². The third-order valence-corrected chi connectivity index (χ3v) is 3.06. The van der Waals surface area contributed by atoms with Gasteiger partial charge in [0, 0.05) is 11.9 Å². The second-order valence-electron chi connectivity index (χ2n) is 2.98. The summed E-state index contributed by atoms with van der Waals surface area (Å²) < 4.78 is 6.13. The van der Waals surface area contributed by atoms with Gasteiger partial charge in [0.05, 0.1) is 5.75 Å². The number of aryl methyl sites for hydroxylation is 1. The van der Waals surface area contributed by atoms with Crippen LogP contribution in [0.25, 0.3) is 0 Å². The number of nitrogens with zero attached hydrogens (tertiary/aromatic N) is 2. The van der Waals surface area contributed by atoms with Gasteiger partial charge < -0.3 is 4.42 Å². The summed E-state index contributed by atoms with van der Waals surface area (Å²) in [4.78, 5) is 8.45. The van der Waals surface area contributed by atoms with Crippen LogP contribution in [0.3, 0.4) is 0 Å². The minimum Gasteiger partial charge on any atom is -0.453 e. The molecule has 0 aliphatic carbocycles. The SMILES string of the molecule is Cc1ccnc(SCc2ccc(Br)o2)n1. The zero-order chi connectivity index (χ0) is 10.7. The highest BCUT2D eigenvalue weighted by Gasteiger charge is 2.02. The fraction of sp³-hybridized carbons (Fsp3) is 0.200. The molecular formula is C10H9BrN2OS. The number of hydrogen-bond donors (Lipinski definition) is 0. The standard InChI is InChI=1S/C10H9BrN2OS/c1-7-4-5-12-10(13-7)15-6-8-2-3-9(11)14-8/h2-5H,6H2,1H3. The van der Waals surface area contributed by atoms with Gasteiger partial charge in [-0.2, -0.15) is 0 Å². The summed E-state index contributed by atoms with van der Waals surface area (Å²) in [6.45, 7) is 1.95. The highest BCUT2D eigenvalue weighted by Crippen LogP contribution is 2.22. The van der Waals surface area contributed by atoms with Crippen LogP contribution in [-0.2, 0) is 5.75 Å². The molecule has 0 amide bonds. The summed E-state index contributed by atoms with van der Waals surface area (Å²) >= 11 is 4.83. The number of furan rings is 1. The maximum Gasteiger partial charge on any atom is 0.188 e. The third kappa shape index (κ3) is 3.07. The largest absolute Gasteiger partial charge is 0.453 e. The smallest absolute Gasteiger partial charge is 0.188 e. The van der Waals surface area contributed by atoms with E-state index in [4.69, 9.17) is 4.42 Å². The molecule has 0 bridgehead atoms. The van der Waals surface area contributed by atoms with E-state index in [9.17, 15) is 0 Å². The summed E-state index contributed by atoms with van der Waals surface area (Å²) in [7, 11) is 0. The molecule has 5 heteroatoms. The molecule has 2 rings (SSSR count). The predicted molar refractivity (Wildman–Crippen MR) is 62.7 cm³/mol. The van der Waals surface area contributed by atoms with E-state index in [0.29, 0.717) is 0 Å². The number of thioether (sulfide) groups is 1. The fourth-order valence-corrected chi connectivity index (χ4v) is 2.17. The fourth-order valence-electron chi connectivity index (χ4n) is 1.06. The highest BCUT2D eigenvalue weighted by atomic mass is 79.9. The van der Waals surface area contributed by atoms with E-state index in [-0.39, 0.29) is 0 Å². The molecule has 3 nitrogen and oxygen atoms in total. The average molecular weight is 285 g/mol. The van der Waals surface area contributed by atoms with Gasteiger partial charge >= 0.3 is 0 Å². The molecule has 2 aromatic heterocycles. The molecule has 2 aromatic rings. The Morgan fingerprint density at radius 1 is 1.40 bits per heavy atom. The molecule has 0 saturated heterocycles. The molecule has 0 unspecified atom stereocenters. The maximum absolute atomic E-state index is 5.38. The second-order valence-corrected chi connectivity index (χ2v) is 4.70. The van der Waals surface area contributed by atoms with Gasteiger partial charge in [-0.05, 0) is 41.1 Å². The zero-order valence-electron chi connectivity index (χ0n) is 8.11. The Morgan fingerprint density at radius 2 is 2.27 bits per heavy atom. The minimum absolute atomic E-state index is 0.745. The first-order valence-electron chi connectivity index (χ1n) is 4.41. The predicted octanol–water partition coefficient (Wildman–Crippen LogP) is 3.43. The van der Waals surface area contributed by atoms with Crippen molar-refractivity contribution in [1.82, 2.24) is 9.97 Å². The highest BCUT2D eigenvalue weighted by molar-refractivity contribution is 9.10. The van der Waals surface area contributed by atoms with Crippen molar-refractivity contribution in [3.63, 3.8) is 0 Å². The van der Waals surface area contributed by atoms with Crippen molar-refractivity contribution < 1.29 is 4.42 Å². The molecule has 0 fully saturated rings. The lowest BCUT2D eigenvalue weighted by Gasteiger charge is -1.98. The van der Waals surface area contributed by atoms with E-state index >= 15 is 0 Å². The van der Waals surface area contributed by atoms with Gasteiger partial charge in [0.1, 0.15) is 5.76 Å². The number of aromatic nitrogens is 2. The van der Waals surface area contributed by atoms with E-state index in [1.807, 2.05) is 25.1 Å². The monoisotopic (exact) mass is 284 g/mol. The first-order valence-corrected chi connectivity index (χ1v) is 6.18. The topological polar surface area (TPSA) is 38.9 Å². The second kappa shape index (κ2) is 4.81. The number of rotatable bonds is 3. The van der Waals surface area contributed by atoms with Gasteiger partial charge in [-0.15, -0.1) is 0 Å². The minimum atomic E-state index is 0.745. The Balaban J connectivity index is 1.99. The zero-order valence-corrected chi connectivity index (χ0v) is 10.5. The number of hydrogen-bond acceptors (Lipinski definition) is 4. The quantitative estimate of drug-likeness (QED) is 0.639. The van der Waals surface area contributed by atoms with Crippen molar-refractivity contribution in [1.29, 1.82) is 0 Å². The summed E-state index contributed by atoms with van der Waals surface area (Å²) in [5.74, 6) is 1.66. The normalized spacial score (nSPS) is 10.5. The van der Waals surface area contributed by atoms with Crippen LogP contribution in [0.1, 0.15) is 11.5 Å². The molecule has 0 aliphatic rings. The van der Waals surface area contributed by atoms with Gasteiger partial charge in [0.25, 0.3) is 0 Å². The van der Waals surface area contributed by atoms with Crippen molar-refractivity contribution in [2.75, 3.05) is 0 Å². The maximum atomic E-state index is 5.38. The van der Waals surface area contributed by atoms with Crippen LogP contribution in [0.5, 0.6) is 0 Å². The number of halogens is 1. The van der Waals surface area contributed by atoms with Crippen molar-refractivity contribution >= 4 is 27.7 Å². The van der Waals surface area contributed by atoms with Crippen LogP contribution in [0, 0.1) is 6.92 Å². The van der Waals surface area contributed by atoms with Gasteiger partial charge in [-0.1, -0.05) is 11.8 Å². The molecule has 0 atom stereocenters. The molecule has 0 radical (unpaired) electrons. The van der Waals surface area contributed by atoms with E-state index in [1.54, 1.807) is 18.0 Å². The molecule has 0 spiro atoms. The third-order valence-electron chi connectivity index (χ3n) is 1.75. The average Bonchev–Trinajstić information content (AvgIpc) is 2.62. The molecule has 15 heavy (non-hydrogen) atoms. The van der Waals surface area contributed by atoms with Crippen LogP contribution in [-0.4, -0.2) is 9.97 Å². The Morgan fingerprint density at radius 3 is 2.93 bits per heavy atom. The Hall–Kier alpha value is -0.810. The van der Waals surface area contributed by atoms with Gasteiger partial charge in [-0.3, -0.25) is 0 Å². The van der Waals surface area contributed by atoms with Crippen molar-refractivity contribution in [2.24, 2.45) is 0 Å². The van der Waals surface area contributed by atoms with Crippen molar-refractivity contribution in [3.05, 3.63) is 40.5 Å². The van der Waals surface area contributed by atoms with Gasteiger partial charge in [0.2, 0.25) is 0 Å². The lowest BCUT2D eigenvalue weighted by atomic mass is 10.5. The van der Waals surface area contributed by atoms with E-state index in [1.165, 1.54) is 0 Å². The molecule has 0 aromatic carbocycles. The molecule has 2 heterocycles. The lowest BCUT2D eigenvalue weighted by Crippen LogP contribution is -1.88. The molecule has 0 N–H and O–H groups in total. The Labute approximate surface area is 100 Å². The van der Waals surface area contributed by atoms with Crippen LogP contribution in [0.2, 0.25) is 0 Å². The van der Waals surface area contributed by atoms with E-state index in [0.717, 1.165) is 27.0 Å². The van der Waals surface area contributed by atoms with Crippen LogP contribution < -0.4 is 0 Å². The summed E-state index contributed by atoms with van der Waals surface area (Å²) in [5.41, 5.74) is 0.980. The summed E-state index contributed by atoms with van der Waals surface area (Å²) in [5, 5.41) is 0.780. The van der Waals surface area contributed by atoms with Crippen LogP contribution >= 0.6 is 27.7 Å². The molecular weight excluding hydrogens is 276 g/mol. The van der Waals surface area contributed by atoms with Crippen LogP contribution in [0.4, 0.5) is 0 Å². The first kappa shape index (κ1) is 10.7. The lowest BCUT2D eigenvalue weighted by molar-refractivity contribution is 0.506. The summed E-state index contributed by atoms with van der Waals surface area (Å²) in [6.07, 6.45) is 1.77. The molecule has 0 saturated carbocycles. The van der Waals surface area contributed by atoms with Crippen molar-refractivity contribution in [2.45, 2.75) is 17.8 Å².